The van der Waals surface area contributed by atoms with E-state index < -0.39 is 17.8 Å². The van der Waals surface area contributed by atoms with Gasteiger partial charge in [0.2, 0.25) is 5.91 Å². The molecule has 1 atom stereocenters. The molecule has 0 aromatic heterocycles. The quantitative estimate of drug-likeness (QED) is 0.930. The zero-order valence-corrected chi connectivity index (χ0v) is 14.0. The van der Waals surface area contributed by atoms with Crippen LogP contribution in [-0.4, -0.2) is 31.5 Å². The molecule has 127 valence electrons. The molecule has 0 bridgehead atoms. The number of benzene rings is 2. The van der Waals surface area contributed by atoms with Gasteiger partial charge in [0.1, 0.15) is 17.6 Å². The number of hydrogen-bond donors (Lipinski definition) is 1. The molecule has 1 radical (unpaired) electrons. The molecule has 1 aliphatic rings. The predicted molar refractivity (Wildman–Crippen MR) is 90.2 cm³/mol. The minimum atomic E-state index is -0.671. The van der Waals surface area contributed by atoms with Gasteiger partial charge in [-0.05, 0) is 54.4 Å². The summed E-state index contributed by atoms with van der Waals surface area (Å²) in [5, 5.41) is 9.37. The van der Waals surface area contributed by atoms with Crippen LogP contribution in [-0.2, 0) is 11.2 Å². The Hall–Kier alpha value is -2.91. The summed E-state index contributed by atoms with van der Waals surface area (Å²) in [7, 11) is 3.30. The lowest BCUT2D eigenvalue weighted by Gasteiger charge is -2.33. The first-order chi connectivity index (χ1) is 12.0. The Morgan fingerprint density at radius 3 is 2.84 bits per heavy atom. The van der Waals surface area contributed by atoms with Crippen molar-refractivity contribution in [2.24, 2.45) is 5.73 Å². The molecule has 25 heavy (non-hydrogen) atoms. The molecule has 0 aliphatic carbocycles. The lowest BCUT2D eigenvalue weighted by Crippen LogP contribution is -2.40. The summed E-state index contributed by atoms with van der Waals surface area (Å²) in [4.78, 5) is 13.8. The number of fused-ring (bicyclic) bond motifs is 1. The normalized spacial score (nSPS) is 16.8. The first-order valence-electron chi connectivity index (χ1n) is 7.79. The number of halogens is 1. The van der Waals surface area contributed by atoms with Crippen LogP contribution in [0.15, 0.2) is 24.3 Å². The number of rotatable bonds is 3. The summed E-state index contributed by atoms with van der Waals surface area (Å²) >= 11 is 0. The predicted octanol–water partition coefficient (Wildman–Crippen LogP) is 2.19. The largest absolute Gasteiger partial charge is 0.496 e. The van der Waals surface area contributed by atoms with Crippen LogP contribution in [0, 0.1) is 23.2 Å². The van der Waals surface area contributed by atoms with Gasteiger partial charge < -0.3 is 10.5 Å². The first-order valence-corrected chi connectivity index (χ1v) is 7.79. The number of methoxy groups -OCH3 is 1. The lowest BCUT2D eigenvalue weighted by molar-refractivity contribution is -0.123. The fourth-order valence-corrected chi connectivity index (χ4v) is 3.32. The zero-order chi connectivity index (χ0) is 18.1. The maximum absolute atomic E-state index is 13.8. The summed E-state index contributed by atoms with van der Waals surface area (Å²) in [6.45, 7) is 0.616. The number of ether oxygens (including phenoxy) is 1. The van der Waals surface area contributed by atoms with Gasteiger partial charge in [-0.2, -0.15) is 5.26 Å². The van der Waals surface area contributed by atoms with E-state index in [1.54, 1.807) is 19.2 Å². The molecule has 5 nitrogen and oxygen atoms in total. The van der Waals surface area contributed by atoms with Crippen molar-refractivity contribution in [1.82, 2.24) is 4.90 Å². The molecule has 1 aliphatic heterocycles. The summed E-state index contributed by atoms with van der Waals surface area (Å²) in [6.07, 6.45) is 0.632. The monoisotopic (exact) mass is 338 g/mol. The van der Waals surface area contributed by atoms with E-state index in [2.05, 4.69) is 12.1 Å². The third-order valence-electron chi connectivity index (χ3n) is 4.48. The van der Waals surface area contributed by atoms with Crippen LogP contribution in [0.3, 0.4) is 0 Å². The first kappa shape index (κ1) is 16.9. The highest BCUT2D eigenvalue weighted by atomic mass is 19.1. The Kier molecular flexibility index (Phi) is 4.43. The van der Waals surface area contributed by atoms with Crippen LogP contribution in [0.25, 0.3) is 11.1 Å². The Morgan fingerprint density at radius 1 is 1.44 bits per heavy atom. The summed E-state index contributed by atoms with van der Waals surface area (Å²) < 4.78 is 19.2. The minimum absolute atomic E-state index is 0.265. The van der Waals surface area contributed by atoms with E-state index in [-0.39, 0.29) is 5.56 Å². The van der Waals surface area contributed by atoms with Crippen LogP contribution < -0.4 is 10.5 Å². The molecule has 2 aromatic carbocycles. The van der Waals surface area contributed by atoms with Crippen LogP contribution in [0.1, 0.15) is 22.7 Å². The number of hydrogen-bond acceptors (Lipinski definition) is 4. The molecule has 1 amide bonds. The number of nitrogens with two attached hydrogens (primary N) is 1. The highest BCUT2D eigenvalue weighted by Gasteiger charge is 2.32. The van der Waals surface area contributed by atoms with Gasteiger partial charge in [0, 0.05) is 18.2 Å². The highest BCUT2D eigenvalue weighted by molar-refractivity contribution is 5.85. The zero-order valence-electron chi connectivity index (χ0n) is 14.0. The molecule has 2 aromatic rings. The van der Waals surface area contributed by atoms with E-state index in [0.717, 1.165) is 5.56 Å². The maximum Gasteiger partial charge on any atom is 0.239 e. The van der Waals surface area contributed by atoms with Crippen LogP contribution >= 0.6 is 0 Å². The molecule has 0 fully saturated rings. The van der Waals surface area contributed by atoms with Crippen molar-refractivity contribution in [2.75, 3.05) is 20.7 Å². The second-order valence-electron chi connectivity index (χ2n) is 5.98. The summed E-state index contributed by atoms with van der Waals surface area (Å²) in [6, 6.07) is 10.3. The van der Waals surface area contributed by atoms with Gasteiger partial charge in [0.15, 0.2) is 0 Å². The smallest absolute Gasteiger partial charge is 0.239 e. The molecule has 1 heterocycles. The Bertz CT molecular complexity index is 889. The van der Waals surface area contributed by atoms with E-state index in [9.17, 15) is 14.4 Å². The fraction of sp³-hybridized carbons (Fsp3) is 0.263. The second-order valence-corrected chi connectivity index (χ2v) is 5.98. The third kappa shape index (κ3) is 2.94. The fourth-order valence-electron chi connectivity index (χ4n) is 3.32. The Labute approximate surface area is 145 Å². The summed E-state index contributed by atoms with van der Waals surface area (Å²) in [5.74, 6) is -0.421. The molecule has 0 saturated heterocycles. The molecule has 1 unspecified atom stereocenters. The van der Waals surface area contributed by atoms with Crippen molar-refractivity contribution in [3.8, 4) is 22.9 Å². The molecule has 0 spiro atoms. The van der Waals surface area contributed by atoms with Crippen molar-refractivity contribution < 1.29 is 13.9 Å². The molecule has 2 N–H and O–H groups in total. The number of amides is 1. The van der Waals surface area contributed by atoms with Crippen LogP contribution in [0.5, 0.6) is 5.75 Å². The van der Waals surface area contributed by atoms with Gasteiger partial charge in [-0.1, -0.05) is 0 Å². The Morgan fingerprint density at radius 2 is 2.20 bits per heavy atom. The Balaban J connectivity index is 2.31. The van der Waals surface area contributed by atoms with Crippen LogP contribution in [0.4, 0.5) is 4.39 Å². The van der Waals surface area contributed by atoms with E-state index in [0.29, 0.717) is 35.4 Å². The third-order valence-corrected chi connectivity index (χ3v) is 4.48. The number of nitriles is 1. The number of carbonyl (C=O) groups excluding carboxylic acids is 1. The van der Waals surface area contributed by atoms with E-state index in [4.69, 9.17) is 10.5 Å². The van der Waals surface area contributed by atoms with Gasteiger partial charge in [0.05, 0.1) is 18.7 Å². The van der Waals surface area contributed by atoms with E-state index >= 15 is 0 Å². The average molecular weight is 338 g/mol. The molecule has 3 rings (SSSR count). The van der Waals surface area contributed by atoms with Crippen molar-refractivity contribution >= 4 is 5.91 Å². The molecule has 6 heteroatoms. The standard InChI is InChI=1S/C19H17FN3O2/c1-23-6-5-13-14(15-9-12(20)3-4-17(15)25-2)7-11(10-21)8-16(13)18(23)19(22)24/h3-4,7,9,18H,5-6H2,1-2H3,(H2,22,24). The topological polar surface area (TPSA) is 79.3 Å². The number of nitrogens with zero attached hydrogens (tertiary/aromatic N) is 2. The minimum Gasteiger partial charge on any atom is -0.496 e. The maximum atomic E-state index is 13.8. The van der Waals surface area contributed by atoms with E-state index in [1.807, 2.05) is 4.90 Å². The number of likely N-dealkylation sites (N-methyl/N-ethyl adjacent to an activating group) is 1. The lowest BCUT2D eigenvalue weighted by atomic mass is 9.84. The average Bonchev–Trinajstić information content (AvgIpc) is 2.59. The van der Waals surface area contributed by atoms with E-state index in [1.165, 1.54) is 19.2 Å². The van der Waals surface area contributed by atoms with Gasteiger partial charge in [-0.3, -0.25) is 9.69 Å². The molecular weight excluding hydrogens is 321 g/mol. The summed E-state index contributed by atoms with van der Waals surface area (Å²) in [5.41, 5.74) is 8.45. The van der Waals surface area contributed by atoms with Crippen LogP contribution in [0.2, 0.25) is 0 Å². The SMILES string of the molecule is COc1ccc(F)cc1-c1cc(C#N)[c]c2c1CCN(C)C2C(N)=O. The molecular formula is C19H17FN3O2. The van der Waals surface area contributed by atoms with Crippen molar-refractivity contribution in [3.63, 3.8) is 0 Å². The second kappa shape index (κ2) is 6.54. The molecule has 0 saturated carbocycles. The number of carbonyl (C=O) groups is 1. The highest BCUT2D eigenvalue weighted by Crippen LogP contribution is 2.39. The van der Waals surface area contributed by atoms with Gasteiger partial charge >= 0.3 is 0 Å². The van der Waals surface area contributed by atoms with Crippen molar-refractivity contribution in [2.45, 2.75) is 12.5 Å². The van der Waals surface area contributed by atoms with Gasteiger partial charge in [-0.15, -0.1) is 0 Å². The van der Waals surface area contributed by atoms with Crippen molar-refractivity contribution in [3.05, 3.63) is 52.8 Å². The van der Waals surface area contributed by atoms with Crippen molar-refractivity contribution in [1.29, 1.82) is 5.26 Å². The van der Waals surface area contributed by atoms with Gasteiger partial charge in [0.25, 0.3) is 0 Å². The van der Waals surface area contributed by atoms with Gasteiger partial charge in [-0.25, -0.2) is 4.39 Å². The number of primary amides is 1.